The van der Waals surface area contributed by atoms with Gasteiger partial charge in [0.2, 0.25) is 0 Å². The molecule has 0 amide bonds. The van der Waals surface area contributed by atoms with Crippen molar-refractivity contribution in [2.75, 3.05) is 25.6 Å². The highest BCUT2D eigenvalue weighted by Gasteiger charge is 2.12. The maximum atomic E-state index is 13.0. The lowest BCUT2D eigenvalue weighted by atomic mass is 10.2. The molecule has 0 fully saturated rings. The van der Waals surface area contributed by atoms with Crippen molar-refractivity contribution in [3.63, 3.8) is 0 Å². The lowest BCUT2D eigenvalue weighted by Crippen LogP contribution is -2.24. The van der Waals surface area contributed by atoms with Crippen molar-refractivity contribution in [1.29, 1.82) is 5.26 Å². The minimum absolute atomic E-state index is 0.0799. The van der Waals surface area contributed by atoms with Crippen LogP contribution in [0.5, 0.6) is 5.75 Å². The van der Waals surface area contributed by atoms with Crippen LogP contribution in [0.25, 0.3) is 10.9 Å². The quantitative estimate of drug-likeness (QED) is 0.260. The van der Waals surface area contributed by atoms with E-state index >= 15 is 0 Å². The van der Waals surface area contributed by atoms with Gasteiger partial charge >= 0.3 is 0 Å². The molecule has 0 unspecified atom stereocenters. The molecule has 0 N–H and O–H groups in total. The van der Waals surface area contributed by atoms with Crippen LogP contribution in [0.1, 0.15) is 18.9 Å². The Bertz CT molecular complexity index is 1090. The number of fused-ring (bicyclic) bond motifs is 1. The summed E-state index contributed by atoms with van der Waals surface area (Å²) in [5.41, 5.74) is 1.10. The van der Waals surface area contributed by atoms with E-state index in [9.17, 15) is 4.79 Å². The second kappa shape index (κ2) is 11.0. The fraction of sp³-hybridized carbons (Fsp3) is 0.318. The van der Waals surface area contributed by atoms with Crippen LogP contribution in [0.2, 0.25) is 5.02 Å². The number of rotatable bonds is 10. The van der Waals surface area contributed by atoms with Crippen LogP contribution >= 0.6 is 23.4 Å². The zero-order valence-corrected chi connectivity index (χ0v) is 18.2. The standard InChI is InChI=1S/C22H22ClN3O3S/c1-2-28-11-3-10-26-21(27)19-9-6-17(23)14-20(19)25-22(26)30-13-12-29-18-7-4-16(15-24)5-8-18/h4-9,14H,2-3,10-13H2,1H3. The van der Waals surface area contributed by atoms with Gasteiger partial charge in [0.25, 0.3) is 5.56 Å². The van der Waals surface area contributed by atoms with Crippen molar-refractivity contribution in [3.05, 3.63) is 63.4 Å². The number of nitriles is 1. The van der Waals surface area contributed by atoms with Gasteiger partial charge in [0, 0.05) is 30.5 Å². The van der Waals surface area contributed by atoms with Crippen LogP contribution in [0.3, 0.4) is 0 Å². The van der Waals surface area contributed by atoms with Gasteiger partial charge < -0.3 is 9.47 Å². The third-order valence-corrected chi connectivity index (χ3v) is 5.50. The predicted octanol–water partition coefficient (Wildman–Crippen LogP) is 4.52. The van der Waals surface area contributed by atoms with E-state index in [4.69, 9.17) is 26.3 Å². The van der Waals surface area contributed by atoms with E-state index in [0.29, 0.717) is 64.5 Å². The average molecular weight is 444 g/mol. The van der Waals surface area contributed by atoms with Crippen molar-refractivity contribution in [3.8, 4) is 11.8 Å². The molecule has 6 nitrogen and oxygen atoms in total. The molecule has 30 heavy (non-hydrogen) atoms. The Morgan fingerprint density at radius 3 is 2.73 bits per heavy atom. The van der Waals surface area contributed by atoms with Crippen molar-refractivity contribution in [2.24, 2.45) is 0 Å². The van der Waals surface area contributed by atoms with Gasteiger partial charge in [-0.25, -0.2) is 4.98 Å². The Balaban J connectivity index is 1.72. The number of nitrogens with zero attached hydrogens (tertiary/aromatic N) is 3. The maximum Gasteiger partial charge on any atom is 0.262 e. The summed E-state index contributed by atoms with van der Waals surface area (Å²) in [5.74, 6) is 1.31. The molecule has 156 valence electrons. The number of benzene rings is 2. The van der Waals surface area contributed by atoms with Crippen molar-refractivity contribution < 1.29 is 9.47 Å². The SMILES string of the molecule is CCOCCCn1c(SCCOc2ccc(C#N)cc2)nc2cc(Cl)ccc2c1=O. The summed E-state index contributed by atoms with van der Waals surface area (Å²) in [6, 6.07) is 14.2. The lowest BCUT2D eigenvalue weighted by molar-refractivity contribution is 0.140. The Labute approximate surface area is 184 Å². The molecular formula is C22H22ClN3O3S. The molecule has 0 aliphatic heterocycles. The second-order valence-electron chi connectivity index (χ2n) is 6.40. The highest BCUT2D eigenvalue weighted by atomic mass is 35.5. The molecule has 1 heterocycles. The number of halogens is 1. The number of thioether (sulfide) groups is 1. The molecule has 2 aromatic carbocycles. The molecule has 0 saturated heterocycles. The molecule has 0 bridgehead atoms. The molecule has 8 heteroatoms. The number of ether oxygens (including phenoxy) is 2. The Morgan fingerprint density at radius 1 is 1.20 bits per heavy atom. The van der Waals surface area contributed by atoms with E-state index in [-0.39, 0.29) is 5.56 Å². The van der Waals surface area contributed by atoms with Gasteiger partial charge in [0.05, 0.1) is 29.1 Å². The van der Waals surface area contributed by atoms with E-state index in [1.165, 1.54) is 11.8 Å². The highest BCUT2D eigenvalue weighted by Crippen LogP contribution is 2.21. The number of hydrogen-bond acceptors (Lipinski definition) is 6. The summed E-state index contributed by atoms with van der Waals surface area (Å²) in [4.78, 5) is 17.7. The first kappa shape index (κ1) is 22.2. The maximum absolute atomic E-state index is 13.0. The van der Waals surface area contributed by atoms with E-state index in [1.54, 1.807) is 47.0 Å². The number of hydrogen-bond donors (Lipinski definition) is 0. The minimum atomic E-state index is -0.0799. The van der Waals surface area contributed by atoms with E-state index in [2.05, 4.69) is 11.1 Å². The van der Waals surface area contributed by atoms with Crippen LogP contribution in [0, 0.1) is 11.3 Å². The molecule has 0 aliphatic rings. The molecule has 0 radical (unpaired) electrons. The van der Waals surface area contributed by atoms with E-state index < -0.39 is 0 Å². The van der Waals surface area contributed by atoms with Crippen LogP contribution in [-0.2, 0) is 11.3 Å². The minimum Gasteiger partial charge on any atom is -0.493 e. The summed E-state index contributed by atoms with van der Waals surface area (Å²) in [6.07, 6.45) is 0.726. The Hall–Kier alpha value is -2.53. The summed E-state index contributed by atoms with van der Waals surface area (Å²) in [7, 11) is 0. The molecule has 0 saturated carbocycles. The fourth-order valence-electron chi connectivity index (χ4n) is 2.87. The molecule has 3 rings (SSSR count). The number of aromatic nitrogens is 2. The largest absolute Gasteiger partial charge is 0.493 e. The van der Waals surface area contributed by atoms with Gasteiger partial charge in [-0.15, -0.1) is 0 Å². The van der Waals surface area contributed by atoms with E-state index in [1.807, 2.05) is 6.92 Å². The molecule has 3 aromatic rings. The predicted molar refractivity (Wildman–Crippen MR) is 119 cm³/mol. The summed E-state index contributed by atoms with van der Waals surface area (Å²) in [5, 5.41) is 10.6. The van der Waals surface area contributed by atoms with Crippen LogP contribution in [-0.4, -0.2) is 35.1 Å². The van der Waals surface area contributed by atoms with Gasteiger partial charge in [-0.2, -0.15) is 5.26 Å². The topological polar surface area (TPSA) is 77.1 Å². The van der Waals surface area contributed by atoms with Crippen molar-refractivity contribution in [2.45, 2.75) is 25.0 Å². The highest BCUT2D eigenvalue weighted by molar-refractivity contribution is 7.99. The molecule has 0 aliphatic carbocycles. The van der Waals surface area contributed by atoms with Crippen LogP contribution in [0.15, 0.2) is 52.4 Å². The zero-order chi connectivity index (χ0) is 21.3. The van der Waals surface area contributed by atoms with Gasteiger partial charge in [0.15, 0.2) is 5.16 Å². The smallest absolute Gasteiger partial charge is 0.262 e. The molecular weight excluding hydrogens is 422 g/mol. The van der Waals surface area contributed by atoms with Crippen molar-refractivity contribution in [1.82, 2.24) is 9.55 Å². The van der Waals surface area contributed by atoms with Gasteiger partial charge in [-0.1, -0.05) is 23.4 Å². The van der Waals surface area contributed by atoms with Crippen LogP contribution in [0.4, 0.5) is 0 Å². The average Bonchev–Trinajstić information content (AvgIpc) is 2.76. The fourth-order valence-corrected chi connectivity index (χ4v) is 3.88. The lowest BCUT2D eigenvalue weighted by Gasteiger charge is -2.13. The molecule has 0 atom stereocenters. The first-order valence-electron chi connectivity index (χ1n) is 9.66. The molecule has 1 aromatic heterocycles. The van der Waals surface area contributed by atoms with Gasteiger partial charge in [-0.05, 0) is 55.8 Å². The van der Waals surface area contributed by atoms with Crippen molar-refractivity contribution >= 4 is 34.3 Å². The van der Waals surface area contributed by atoms with Gasteiger partial charge in [-0.3, -0.25) is 9.36 Å². The Morgan fingerprint density at radius 2 is 2.00 bits per heavy atom. The summed E-state index contributed by atoms with van der Waals surface area (Å²) in [6.45, 7) is 4.16. The first-order valence-corrected chi connectivity index (χ1v) is 11.0. The zero-order valence-electron chi connectivity index (χ0n) is 16.6. The van der Waals surface area contributed by atoms with E-state index in [0.717, 1.165) is 6.42 Å². The Kier molecular flexibility index (Phi) is 8.14. The third-order valence-electron chi connectivity index (χ3n) is 4.32. The normalized spacial score (nSPS) is 10.8. The summed E-state index contributed by atoms with van der Waals surface area (Å²) >= 11 is 7.55. The summed E-state index contributed by atoms with van der Waals surface area (Å²) < 4.78 is 12.8. The third kappa shape index (κ3) is 5.76. The van der Waals surface area contributed by atoms with Crippen LogP contribution < -0.4 is 10.3 Å². The first-order chi connectivity index (χ1) is 14.6. The second-order valence-corrected chi connectivity index (χ2v) is 7.89. The van der Waals surface area contributed by atoms with Gasteiger partial charge in [0.1, 0.15) is 5.75 Å². The monoisotopic (exact) mass is 443 g/mol. The molecule has 0 spiro atoms.